The average molecular weight is 163 g/mol. The average Bonchev–Trinajstić information content (AvgIpc) is 2.11. The summed E-state index contributed by atoms with van der Waals surface area (Å²) < 4.78 is 22.6. The van der Waals surface area contributed by atoms with Crippen LogP contribution in [0.2, 0.25) is 0 Å². The molecule has 0 aromatic carbocycles. The van der Waals surface area contributed by atoms with E-state index < -0.39 is 10.0 Å². The lowest BCUT2D eigenvalue weighted by Crippen LogP contribution is -2.12. The van der Waals surface area contributed by atoms with E-state index in [1.54, 1.807) is 7.05 Å². The molecule has 0 saturated carbocycles. The Labute approximate surface area is 60.0 Å². The van der Waals surface area contributed by atoms with Gasteiger partial charge in [-0.3, -0.25) is 0 Å². The van der Waals surface area contributed by atoms with Gasteiger partial charge in [0.05, 0.1) is 6.33 Å². The van der Waals surface area contributed by atoms with Crippen LogP contribution < -0.4 is 5.14 Å². The van der Waals surface area contributed by atoms with E-state index in [9.17, 15) is 8.42 Å². The predicted molar refractivity (Wildman–Crippen MR) is 36.7 cm³/mol. The summed E-state index contributed by atoms with van der Waals surface area (Å²) in [5.41, 5.74) is 0. The number of sulfonamides is 1. The van der Waals surface area contributed by atoms with E-state index in [-0.39, 0.29) is 6.45 Å². The zero-order chi connectivity index (χ0) is 7.78. The molecule has 0 atom stereocenters. The van der Waals surface area contributed by atoms with Crippen molar-refractivity contribution < 1.29 is 9.84 Å². The van der Waals surface area contributed by atoms with Crippen molar-refractivity contribution in [3.05, 3.63) is 12.5 Å². The highest BCUT2D eigenvalue weighted by Gasteiger charge is 2.09. The first-order valence-corrected chi connectivity index (χ1v) is 4.05. The summed E-state index contributed by atoms with van der Waals surface area (Å²) in [6.07, 6.45) is 2.72. The molecule has 0 aliphatic rings. The molecule has 1 aromatic rings. The molecular weight excluding hydrogens is 154 g/mol. The van der Waals surface area contributed by atoms with Crippen molar-refractivity contribution in [1.29, 1.82) is 0 Å². The quantitative estimate of drug-likeness (QED) is 0.595. The fourth-order valence-corrected chi connectivity index (χ4v) is 1.04. The van der Waals surface area contributed by atoms with Crippen LogP contribution in [0.25, 0.3) is 0 Å². The Morgan fingerprint density at radius 3 is 2.60 bits per heavy atom. The van der Waals surface area contributed by atoms with Gasteiger partial charge < -0.3 is 4.57 Å². The van der Waals surface area contributed by atoms with Gasteiger partial charge in [-0.1, -0.05) is 0 Å². The smallest absolute Gasteiger partial charge is 0.257 e. The van der Waals surface area contributed by atoms with Crippen LogP contribution >= 0.6 is 0 Å². The molecule has 0 aliphatic heterocycles. The van der Waals surface area contributed by atoms with E-state index in [2.05, 4.69) is 4.98 Å². The molecular formula is C4H9N3O2S. The summed E-state index contributed by atoms with van der Waals surface area (Å²) in [7, 11) is -1.95. The Bertz CT molecular complexity index is 331. The minimum absolute atomic E-state index is 0. The Morgan fingerprint density at radius 2 is 2.40 bits per heavy atom. The van der Waals surface area contributed by atoms with E-state index in [0.717, 1.165) is 0 Å². The molecule has 1 aromatic heterocycles. The number of nitrogens with zero attached hydrogens (tertiary/aromatic N) is 2. The van der Waals surface area contributed by atoms with Gasteiger partial charge in [0, 0.05) is 14.7 Å². The fraction of sp³-hybridized carbons (Fsp3) is 0.250. The second-order valence-electron chi connectivity index (χ2n) is 1.92. The van der Waals surface area contributed by atoms with Gasteiger partial charge in [0.25, 0.3) is 10.0 Å². The maximum atomic E-state index is 10.5. The summed E-state index contributed by atoms with van der Waals surface area (Å²) in [6.45, 7) is 0. The fourth-order valence-electron chi connectivity index (χ4n) is 0.536. The zero-order valence-corrected chi connectivity index (χ0v) is 6.17. The standard InChI is InChI=1S/C4H7N3O2S.H2/c1-7-2-4(6-3-7)10(5,8)9;/h2-3H,1H3,(H2,5,8,9);1H. The number of hydrogen-bond donors (Lipinski definition) is 1. The van der Waals surface area contributed by atoms with Crippen molar-refractivity contribution >= 4 is 10.0 Å². The third-order valence-corrected chi connectivity index (χ3v) is 1.77. The lowest BCUT2D eigenvalue weighted by molar-refractivity contribution is 0.594. The van der Waals surface area contributed by atoms with Crippen LogP contribution in [0.3, 0.4) is 0 Å². The molecule has 0 amide bonds. The van der Waals surface area contributed by atoms with Crippen LogP contribution in [-0.2, 0) is 17.1 Å². The molecule has 0 radical (unpaired) electrons. The number of primary sulfonamides is 1. The van der Waals surface area contributed by atoms with E-state index in [0.29, 0.717) is 0 Å². The molecule has 1 heterocycles. The molecule has 6 heteroatoms. The maximum Gasteiger partial charge on any atom is 0.257 e. The lowest BCUT2D eigenvalue weighted by Gasteiger charge is -1.86. The minimum Gasteiger partial charge on any atom is -0.339 e. The predicted octanol–water partition coefficient (Wildman–Crippen LogP) is -0.687. The molecule has 0 spiro atoms. The Hall–Kier alpha value is -0.880. The summed E-state index contributed by atoms with van der Waals surface area (Å²) in [4.78, 5) is 3.54. The largest absolute Gasteiger partial charge is 0.339 e. The topological polar surface area (TPSA) is 78.0 Å². The van der Waals surface area contributed by atoms with Crippen LogP contribution in [0, 0.1) is 0 Å². The van der Waals surface area contributed by atoms with Crippen LogP contribution in [0.5, 0.6) is 0 Å². The van der Waals surface area contributed by atoms with Crippen molar-refractivity contribution in [1.82, 2.24) is 9.55 Å². The Morgan fingerprint density at radius 1 is 1.80 bits per heavy atom. The van der Waals surface area contributed by atoms with Gasteiger partial charge in [0.15, 0.2) is 5.03 Å². The number of hydrogen-bond acceptors (Lipinski definition) is 3. The second-order valence-corrected chi connectivity index (χ2v) is 3.43. The van der Waals surface area contributed by atoms with Gasteiger partial charge in [-0.15, -0.1) is 0 Å². The molecule has 0 bridgehead atoms. The van der Waals surface area contributed by atoms with Gasteiger partial charge in [-0.2, -0.15) is 0 Å². The minimum atomic E-state index is -3.61. The third-order valence-electron chi connectivity index (χ3n) is 0.973. The molecule has 1 rings (SSSR count). The highest BCUT2D eigenvalue weighted by molar-refractivity contribution is 7.89. The maximum absolute atomic E-state index is 10.5. The van der Waals surface area contributed by atoms with Crippen molar-refractivity contribution in [3.63, 3.8) is 0 Å². The summed E-state index contributed by atoms with van der Waals surface area (Å²) >= 11 is 0. The summed E-state index contributed by atoms with van der Waals surface area (Å²) in [6, 6.07) is 0. The zero-order valence-electron chi connectivity index (χ0n) is 5.35. The lowest BCUT2D eigenvalue weighted by atomic mass is 10.9. The molecule has 0 saturated heterocycles. The van der Waals surface area contributed by atoms with Crippen molar-refractivity contribution in [2.45, 2.75) is 5.03 Å². The van der Waals surface area contributed by atoms with Crippen LogP contribution in [0.4, 0.5) is 0 Å². The first-order valence-electron chi connectivity index (χ1n) is 2.51. The second kappa shape index (κ2) is 2.06. The van der Waals surface area contributed by atoms with Gasteiger partial charge in [-0.25, -0.2) is 18.5 Å². The SMILES string of the molecule is Cn1cnc(S(N)(=O)=O)c1.[HH]. The highest BCUT2D eigenvalue weighted by Crippen LogP contribution is 1.99. The van der Waals surface area contributed by atoms with Crippen molar-refractivity contribution in [2.75, 3.05) is 0 Å². The van der Waals surface area contributed by atoms with Crippen molar-refractivity contribution in [3.8, 4) is 0 Å². The highest BCUT2D eigenvalue weighted by atomic mass is 32.2. The molecule has 58 valence electrons. The summed E-state index contributed by atoms with van der Waals surface area (Å²) in [5, 5.41) is 4.66. The number of imidazole rings is 1. The van der Waals surface area contributed by atoms with E-state index in [1.807, 2.05) is 0 Å². The number of nitrogens with two attached hydrogens (primary N) is 1. The summed E-state index contributed by atoms with van der Waals surface area (Å²) in [5.74, 6) is 0. The number of rotatable bonds is 1. The Kier molecular flexibility index (Phi) is 1.49. The van der Waals surface area contributed by atoms with Gasteiger partial charge in [-0.05, 0) is 0 Å². The van der Waals surface area contributed by atoms with Crippen LogP contribution in [0.1, 0.15) is 1.43 Å². The third kappa shape index (κ3) is 1.34. The normalized spacial score (nSPS) is 11.8. The number of aryl methyl sites for hydroxylation is 1. The molecule has 2 N–H and O–H groups in total. The van der Waals surface area contributed by atoms with E-state index >= 15 is 0 Å². The first kappa shape index (κ1) is 7.23. The number of aromatic nitrogens is 2. The van der Waals surface area contributed by atoms with Gasteiger partial charge in [0.1, 0.15) is 0 Å². The Balaban J connectivity index is 0.000001000. The molecule has 10 heavy (non-hydrogen) atoms. The van der Waals surface area contributed by atoms with Crippen molar-refractivity contribution in [2.24, 2.45) is 12.2 Å². The van der Waals surface area contributed by atoms with E-state index in [1.165, 1.54) is 17.1 Å². The van der Waals surface area contributed by atoms with Gasteiger partial charge >= 0.3 is 0 Å². The monoisotopic (exact) mass is 163 g/mol. The molecule has 0 unspecified atom stereocenters. The van der Waals surface area contributed by atoms with Crippen LogP contribution in [0.15, 0.2) is 17.6 Å². The molecule has 5 nitrogen and oxygen atoms in total. The van der Waals surface area contributed by atoms with Gasteiger partial charge in [0.2, 0.25) is 0 Å². The molecule has 0 aliphatic carbocycles. The van der Waals surface area contributed by atoms with E-state index in [4.69, 9.17) is 5.14 Å². The molecule has 0 fully saturated rings. The van der Waals surface area contributed by atoms with Crippen LogP contribution in [-0.4, -0.2) is 18.0 Å². The first-order chi connectivity index (χ1) is 4.50.